The van der Waals surface area contributed by atoms with Gasteiger partial charge in [-0.15, -0.1) is 0 Å². The molecule has 0 unspecified atom stereocenters. The van der Waals surface area contributed by atoms with Crippen LogP contribution in [0.25, 0.3) is 10.9 Å². The number of aryl methyl sites for hydroxylation is 2. The number of amides is 2. The number of para-hydroxylation sites is 1. The van der Waals surface area contributed by atoms with Crippen molar-refractivity contribution in [3.8, 4) is 5.75 Å². The molecule has 0 aliphatic carbocycles. The summed E-state index contributed by atoms with van der Waals surface area (Å²) in [5, 5.41) is 3.85. The minimum absolute atomic E-state index is 0.0684. The van der Waals surface area contributed by atoms with Crippen molar-refractivity contribution in [1.29, 1.82) is 0 Å². The zero-order valence-electron chi connectivity index (χ0n) is 18.4. The first kappa shape index (κ1) is 21.6. The van der Waals surface area contributed by atoms with Crippen molar-refractivity contribution in [3.05, 3.63) is 59.7 Å². The summed E-state index contributed by atoms with van der Waals surface area (Å²) in [5.41, 5.74) is 9.02. The topological polar surface area (TPSA) is 97.5 Å². The second-order valence-electron chi connectivity index (χ2n) is 8.32. The molecule has 3 aromatic rings. The number of carbonyl (C=O) groups excluding carboxylic acids is 2. The maximum Gasteiger partial charge on any atom is 0.262 e. The molecule has 7 heteroatoms. The normalized spacial score (nSPS) is 14.4. The number of hydrogen-bond donors (Lipinski definition) is 2. The van der Waals surface area contributed by atoms with Crippen molar-refractivity contribution in [3.63, 3.8) is 0 Å². The molecule has 2 amide bonds. The number of nitrogens with two attached hydrogens (primary N) is 1. The zero-order valence-corrected chi connectivity index (χ0v) is 18.4. The van der Waals surface area contributed by atoms with E-state index in [0.717, 1.165) is 53.9 Å². The molecule has 1 aromatic heterocycles. The van der Waals surface area contributed by atoms with E-state index in [2.05, 4.69) is 10.2 Å². The second kappa shape index (κ2) is 9.26. The Morgan fingerprint density at radius 2 is 1.91 bits per heavy atom. The Bertz CT molecular complexity index is 1150. The van der Waals surface area contributed by atoms with Crippen molar-refractivity contribution in [2.45, 2.75) is 26.7 Å². The molecule has 0 saturated carbocycles. The Labute approximate surface area is 187 Å². The van der Waals surface area contributed by atoms with E-state index < -0.39 is 0 Å². The van der Waals surface area contributed by atoms with Gasteiger partial charge in [-0.25, -0.2) is 4.98 Å². The Morgan fingerprint density at radius 1 is 1.12 bits per heavy atom. The molecule has 1 saturated heterocycles. The summed E-state index contributed by atoms with van der Waals surface area (Å²) in [5.74, 6) is 0.872. The standard InChI is InChI=1S/C25H28N4O3/c1-16-6-7-17(2)20(14-16)27-23(30)15-32-21-5-3-4-18-8-9-22(28-24(18)21)29-12-10-19(11-13-29)25(26)31/h3-9,14,19H,10-13,15H2,1-2H3,(H2,26,31)(H,27,30). The van der Waals surface area contributed by atoms with Crippen LogP contribution in [0.3, 0.4) is 0 Å². The van der Waals surface area contributed by atoms with Crippen LogP contribution in [0.4, 0.5) is 11.5 Å². The zero-order chi connectivity index (χ0) is 22.7. The number of aromatic nitrogens is 1. The Hall–Kier alpha value is -3.61. The van der Waals surface area contributed by atoms with Crippen LogP contribution in [-0.4, -0.2) is 36.5 Å². The number of anilines is 2. The second-order valence-corrected chi connectivity index (χ2v) is 8.32. The van der Waals surface area contributed by atoms with Crippen LogP contribution in [-0.2, 0) is 9.59 Å². The number of benzene rings is 2. The Balaban J connectivity index is 1.47. The predicted molar refractivity (Wildman–Crippen MR) is 126 cm³/mol. The van der Waals surface area contributed by atoms with Gasteiger partial charge in [-0.1, -0.05) is 24.3 Å². The molecule has 2 aromatic carbocycles. The van der Waals surface area contributed by atoms with Gasteiger partial charge in [-0.3, -0.25) is 9.59 Å². The number of ether oxygens (including phenoxy) is 1. The van der Waals surface area contributed by atoms with Gasteiger partial charge in [0, 0.05) is 30.1 Å². The van der Waals surface area contributed by atoms with E-state index in [0.29, 0.717) is 11.3 Å². The first-order valence-corrected chi connectivity index (χ1v) is 10.8. The molecule has 0 radical (unpaired) electrons. The molecule has 0 bridgehead atoms. The van der Waals surface area contributed by atoms with Gasteiger partial charge in [-0.2, -0.15) is 0 Å². The monoisotopic (exact) mass is 432 g/mol. The van der Waals surface area contributed by atoms with Gasteiger partial charge in [0.2, 0.25) is 5.91 Å². The number of primary amides is 1. The number of piperidine rings is 1. The van der Waals surface area contributed by atoms with E-state index in [1.165, 1.54) is 0 Å². The van der Waals surface area contributed by atoms with Gasteiger partial charge in [-0.05, 0) is 62.1 Å². The lowest BCUT2D eigenvalue weighted by atomic mass is 9.96. The average Bonchev–Trinajstić information content (AvgIpc) is 2.79. The van der Waals surface area contributed by atoms with Crippen molar-refractivity contribution < 1.29 is 14.3 Å². The number of fused-ring (bicyclic) bond motifs is 1. The smallest absolute Gasteiger partial charge is 0.262 e. The van der Waals surface area contributed by atoms with Gasteiger partial charge >= 0.3 is 0 Å². The minimum atomic E-state index is -0.231. The molecular formula is C25H28N4O3. The third-order valence-electron chi connectivity index (χ3n) is 5.92. The van der Waals surface area contributed by atoms with Crippen molar-refractivity contribution in [2.24, 2.45) is 11.7 Å². The third-order valence-corrected chi connectivity index (χ3v) is 5.92. The van der Waals surface area contributed by atoms with Crippen LogP contribution in [0.1, 0.15) is 24.0 Å². The van der Waals surface area contributed by atoms with Crippen molar-refractivity contribution >= 4 is 34.2 Å². The summed E-state index contributed by atoms with van der Waals surface area (Å²) < 4.78 is 5.86. The number of carbonyl (C=O) groups is 2. The largest absolute Gasteiger partial charge is 0.481 e. The SMILES string of the molecule is Cc1ccc(C)c(NC(=O)COc2cccc3ccc(N4CCC(C(N)=O)CC4)nc23)c1. The predicted octanol–water partition coefficient (Wildman–Crippen LogP) is 3.57. The lowest BCUT2D eigenvalue weighted by Gasteiger charge is -2.31. The highest BCUT2D eigenvalue weighted by molar-refractivity contribution is 5.93. The first-order valence-electron chi connectivity index (χ1n) is 10.8. The fourth-order valence-corrected chi connectivity index (χ4v) is 4.00. The first-order chi connectivity index (χ1) is 15.4. The number of nitrogens with one attached hydrogen (secondary N) is 1. The van der Waals surface area contributed by atoms with Crippen LogP contribution >= 0.6 is 0 Å². The van der Waals surface area contributed by atoms with Crippen LogP contribution in [0.5, 0.6) is 5.75 Å². The minimum Gasteiger partial charge on any atom is -0.481 e. The van der Waals surface area contributed by atoms with Gasteiger partial charge in [0.15, 0.2) is 6.61 Å². The van der Waals surface area contributed by atoms with E-state index in [1.807, 2.05) is 62.4 Å². The molecule has 1 aliphatic heterocycles. The lowest BCUT2D eigenvalue weighted by Crippen LogP contribution is -2.38. The molecule has 7 nitrogen and oxygen atoms in total. The number of nitrogens with zero attached hydrogens (tertiary/aromatic N) is 2. The average molecular weight is 433 g/mol. The van der Waals surface area contributed by atoms with Crippen LogP contribution < -0.4 is 20.7 Å². The summed E-state index contributed by atoms with van der Waals surface area (Å²) >= 11 is 0. The van der Waals surface area contributed by atoms with Gasteiger partial charge in [0.25, 0.3) is 5.91 Å². The third kappa shape index (κ3) is 4.82. The molecule has 1 fully saturated rings. The molecule has 4 rings (SSSR count). The highest BCUT2D eigenvalue weighted by Gasteiger charge is 2.24. The maximum absolute atomic E-state index is 12.5. The summed E-state index contributed by atoms with van der Waals surface area (Å²) in [6.45, 7) is 5.29. The highest BCUT2D eigenvalue weighted by Crippen LogP contribution is 2.28. The lowest BCUT2D eigenvalue weighted by molar-refractivity contribution is -0.122. The fraction of sp³-hybridized carbons (Fsp3) is 0.320. The number of rotatable bonds is 6. The summed E-state index contributed by atoms with van der Waals surface area (Å²) in [6.07, 6.45) is 1.46. The van der Waals surface area contributed by atoms with E-state index in [4.69, 9.17) is 15.5 Å². The number of hydrogen-bond acceptors (Lipinski definition) is 5. The van der Waals surface area contributed by atoms with Crippen LogP contribution in [0, 0.1) is 19.8 Å². The van der Waals surface area contributed by atoms with E-state index in [9.17, 15) is 9.59 Å². The van der Waals surface area contributed by atoms with Crippen LogP contribution in [0.2, 0.25) is 0 Å². The molecule has 0 spiro atoms. The summed E-state index contributed by atoms with van der Waals surface area (Å²) in [4.78, 5) is 30.9. The van der Waals surface area contributed by atoms with Crippen molar-refractivity contribution in [2.75, 3.05) is 29.9 Å². The highest BCUT2D eigenvalue weighted by atomic mass is 16.5. The Kier molecular flexibility index (Phi) is 6.25. The number of pyridine rings is 1. The molecule has 3 N–H and O–H groups in total. The summed E-state index contributed by atoms with van der Waals surface area (Å²) in [6, 6.07) is 15.6. The molecular weight excluding hydrogens is 404 g/mol. The summed E-state index contributed by atoms with van der Waals surface area (Å²) in [7, 11) is 0. The Morgan fingerprint density at radius 3 is 2.66 bits per heavy atom. The van der Waals surface area contributed by atoms with Gasteiger partial charge in [0.1, 0.15) is 17.1 Å². The van der Waals surface area contributed by atoms with E-state index >= 15 is 0 Å². The van der Waals surface area contributed by atoms with E-state index in [1.54, 1.807) is 0 Å². The maximum atomic E-state index is 12.5. The molecule has 32 heavy (non-hydrogen) atoms. The molecule has 0 atom stereocenters. The molecule has 166 valence electrons. The van der Waals surface area contributed by atoms with Crippen molar-refractivity contribution in [1.82, 2.24) is 4.98 Å². The van der Waals surface area contributed by atoms with Gasteiger partial charge in [0.05, 0.1) is 0 Å². The molecule has 2 heterocycles. The molecule has 1 aliphatic rings. The van der Waals surface area contributed by atoms with E-state index in [-0.39, 0.29) is 24.3 Å². The quantitative estimate of drug-likeness (QED) is 0.621. The van der Waals surface area contributed by atoms with Gasteiger partial charge < -0.3 is 20.7 Å². The fourth-order valence-electron chi connectivity index (χ4n) is 4.00. The van der Waals surface area contributed by atoms with Crippen LogP contribution in [0.15, 0.2) is 48.5 Å².